The lowest BCUT2D eigenvalue weighted by atomic mass is 10.3. The Morgan fingerprint density at radius 2 is 1.70 bits per heavy atom. The topological polar surface area (TPSA) is 108 Å². The number of carbonyl (C=O) groups is 1. The Hall–Kier alpha value is -3.42. The molecule has 8 nitrogen and oxygen atoms in total. The summed E-state index contributed by atoms with van der Waals surface area (Å²) in [5.74, 6) is 0.689. The fourth-order valence-electron chi connectivity index (χ4n) is 1.46. The number of guanidine groups is 1. The number of oxime groups is 1. The molecule has 118 valence electrons. The third kappa shape index (κ3) is 5.46. The predicted molar refractivity (Wildman–Crippen MR) is 82.7 cm³/mol. The Labute approximate surface area is 132 Å². The van der Waals surface area contributed by atoms with Gasteiger partial charge < -0.3 is 15.2 Å². The van der Waals surface area contributed by atoms with E-state index in [0.29, 0.717) is 17.2 Å². The fraction of sp³-hybridized carbons (Fsp3) is 0.0667. The molecule has 8 heteroatoms. The van der Waals surface area contributed by atoms with E-state index < -0.39 is 6.16 Å². The molecule has 0 amide bonds. The van der Waals surface area contributed by atoms with Crippen LogP contribution in [-0.2, 0) is 4.84 Å². The molecule has 0 atom stereocenters. The lowest BCUT2D eigenvalue weighted by molar-refractivity contribution is 0.102. The summed E-state index contributed by atoms with van der Waals surface area (Å²) in [6.07, 6.45) is -1.03. The maximum Gasteiger partial charge on any atom is 0.540 e. The molecule has 0 spiro atoms. The normalized spacial score (nSPS) is 11.3. The van der Waals surface area contributed by atoms with E-state index in [1.54, 1.807) is 61.7 Å². The van der Waals surface area contributed by atoms with Gasteiger partial charge in [-0.3, -0.25) is 4.84 Å². The Balaban J connectivity index is 1.86. The SMILES string of the molecule is COc1ccc(N=N/C(N)=N/OC(=O)Oc2ccccc2)cc1. The number of para-hydroxylation sites is 1. The van der Waals surface area contributed by atoms with Crippen molar-refractivity contribution in [2.45, 2.75) is 0 Å². The van der Waals surface area contributed by atoms with E-state index in [4.69, 9.17) is 15.2 Å². The maximum absolute atomic E-state index is 11.4. The molecular formula is C15H14N4O4. The first kappa shape index (κ1) is 16.0. The number of ether oxygens (including phenoxy) is 2. The van der Waals surface area contributed by atoms with Crippen LogP contribution in [0.3, 0.4) is 0 Å². The number of hydrogen-bond donors (Lipinski definition) is 1. The average Bonchev–Trinajstić information content (AvgIpc) is 2.59. The van der Waals surface area contributed by atoms with Crippen LogP contribution in [0.1, 0.15) is 0 Å². The number of hydrogen-bond acceptors (Lipinski definition) is 6. The van der Waals surface area contributed by atoms with Crippen LogP contribution in [-0.4, -0.2) is 19.2 Å². The highest BCUT2D eigenvalue weighted by Crippen LogP contribution is 2.17. The second-order valence-electron chi connectivity index (χ2n) is 4.10. The molecule has 0 saturated carbocycles. The molecule has 2 rings (SSSR count). The molecule has 0 heterocycles. The Kier molecular flexibility index (Phi) is 5.64. The van der Waals surface area contributed by atoms with Crippen molar-refractivity contribution in [3.8, 4) is 11.5 Å². The van der Waals surface area contributed by atoms with Crippen LogP contribution in [0.5, 0.6) is 11.5 Å². The van der Waals surface area contributed by atoms with Gasteiger partial charge >= 0.3 is 6.16 Å². The first-order chi connectivity index (χ1) is 11.2. The first-order valence-electron chi connectivity index (χ1n) is 6.50. The van der Waals surface area contributed by atoms with Gasteiger partial charge in [0, 0.05) is 0 Å². The van der Waals surface area contributed by atoms with Gasteiger partial charge in [0.15, 0.2) is 0 Å². The Morgan fingerprint density at radius 1 is 1.00 bits per heavy atom. The number of nitrogens with two attached hydrogens (primary N) is 1. The quantitative estimate of drug-likeness (QED) is 0.177. The highest BCUT2D eigenvalue weighted by atomic mass is 16.8. The van der Waals surface area contributed by atoms with Crippen molar-refractivity contribution in [2.24, 2.45) is 21.1 Å². The van der Waals surface area contributed by atoms with Crippen molar-refractivity contribution >= 4 is 17.8 Å². The number of rotatable bonds is 4. The summed E-state index contributed by atoms with van der Waals surface area (Å²) in [5, 5.41) is 10.7. The zero-order valence-electron chi connectivity index (χ0n) is 12.2. The number of azo groups is 1. The van der Waals surface area contributed by atoms with Crippen LogP contribution in [0, 0.1) is 0 Å². The lowest BCUT2D eigenvalue weighted by Gasteiger charge is -2.00. The standard InChI is InChI=1S/C15H14N4O4/c1-21-12-9-7-11(8-10-12)17-18-14(16)19-23-15(20)22-13-5-3-2-4-6-13/h2-10H,1H3,(H2,16,19). The van der Waals surface area contributed by atoms with Crippen molar-refractivity contribution in [3.63, 3.8) is 0 Å². The minimum Gasteiger partial charge on any atom is -0.497 e. The first-order valence-corrected chi connectivity index (χ1v) is 6.50. The number of methoxy groups -OCH3 is 1. The van der Waals surface area contributed by atoms with E-state index in [0.717, 1.165) is 0 Å². The van der Waals surface area contributed by atoms with Gasteiger partial charge in [0.2, 0.25) is 0 Å². The monoisotopic (exact) mass is 314 g/mol. The van der Waals surface area contributed by atoms with Gasteiger partial charge in [0.25, 0.3) is 5.96 Å². The van der Waals surface area contributed by atoms with E-state index in [1.165, 1.54) is 0 Å². The van der Waals surface area contributed by atoms with E-state index >= 15 is 0 Å². The summed E-state index contributed by atoms with van der Waals surface area (Å²) in [5.41, 5.74) is 5.99. The molecule has 0 aliphatic heterocycles. The summed E-state index contributed by atoms with van der Waals surface area (Å²) in [6.45, 7) is 0. The van der Waals surface area contributed by atoms with Gasteiger partial charge in [0.1, 0.15) is 11.5 Å². The van der Waals surface area contributed by atoms with Crippen molar-refractivity contribution in [2.75, 3.05) is 7.11 Å². The molecule has 2 aromatic carbocycles. The average molecular weight is 314 g/mol. The highest BCUT2D eigenvalue weighted by molar-refractivity contribution is 5.78. The molecule has 0 aliphatic rings. The van der Waals surface area contributed by atoms with Crippen LogP contribution < -0.4 is 15.2 Å². The van der Waals surface area contributed by atoms with Gasteiger partial charge in [-0.05, 0) is 41.6 Å². The minimum absolute atomic E-state index is 0.325. The van der Waals surface area contributed by atoms with Gasteiger partial charge in [-0.2, -0.15) is 0 Å². The molecular weight excluding hydrogens is 300 g/mol. The number of benzene rings is 2. The van der Waals surface area contributed by atoms with E-state index in [2.05, 4.69) is 20.2 Å². The van der Waals surface area contributed by atoms with Crippen molar-refractivity contribution in [1.29, 1.82) is 0 Å². The van der Waals surface area contributed by atoms with E-state index in [9.17, 15) is 4.79 Å². The molecule has 0 saturated heterocycles. The van der Waals surface area contributed by atoms with Crippen molar-refractivity contribution in [3.05, 3.63) is 54.6 Å². The Bertz CT molecular complexity index is 699. The zero-order chi connectivity index (χ0) is 16.5. The maximum atomic E-state index is 11.4. The lowest BCUT2D eigenvalue weighted by Crippen LogP contribution is -2.12. The summed E-state index contributed by atoms with van der Waals surface area (Å²) in [6, 6.07) is 15.2. The minimum atomic E-state index is -1.03. The summed E-state index contributed by atoms with van der Waals surface area (Å²) >= 11 is 0. The van der Waals surface area contributed by atoms with Crippen LogP contribution in [0.4, 0.5) is 10.5 Å². The summed E-state index contributed by atoms with van der Waals surface area (Å²) in [7, 11) is 1.56. The Morgan fingerprint density at radius 3 is 2.35 bits per heavy atom. The molecule has 0 bridgehead atoms. The molecule has 2 N–H and O–H groups in total. The second kappa shape index (κ2) is 8.13. The van der Waals surface area contributed by atoms with Crippen molar-refractivity contribution in [1.82, 2.24) is 0 Å². The molecule has 23 heavy (non-hydrogen) atoms. The molecule has 0 radical (unpaired) electrons. The fourth-order valence-corrected chi connectivity index (χ4v) is 1.46. The third-order valence-electron chi connectivity index (χ3n) is 2.50. The molecule has 0 fully saturated rings. The van der Waals surface area contributed by atoms with Crippen LogP contribution >= 0.6 is 0 Å². The third-order valence-corrected chi connectivity index (χ3v) is 2.50. The van der Waals surface area contributed by atoms with Crippen molar-refractivity contribution < 1.29 is 19.1 Å². The molecule has 2 aromatic rings. The summed E-state index contributed by atoms with van der Waals surface area (Å²) in [4.78, 5) is 15.8. The van der Waals surface area contributed by atoms with Gasteiger partial charge in [-0.15, -0.1) is 10.2 Å². The van der Waals surface area contributed by atoms with E-state index in [-0.39, 0.29) is 5.96 Å². The van der Waals surface area contributed by atoms with E-state index in [1.807, 2.05) is 0 Å². The van der Waals surface area contributed by atoms with Gasteiger partial charge in [-0.1, -0.05) is 18.2 Å². The van der Waals surface area contributed by atoms with Crippen LogP contribution in [0.25, 0.3) is 0 Å². The molecule has 0 unspecified atom stereocenters. The zero-order valence-corrected chi connectivity index (χ0v) is 12.2. The second-order valence-corrected chi connectivity index (χ2v) is 4.10. The summed E-state index contributed by atoms with van der Waals surface area (Å²) < 4.78 is 9.86. The smallest absolute Gasteiger partial charge is 0.497 e. The molecule has 0 aromatic heterocycles. The molecule has 0 aliphatic carbocycles. The predicted octanol–water partition coefficient (Wildman–Crippen LogP) is 3.22. The number of carbonyl (C=O) groups excluding carboxylic acids is 1. The van der Waals surface area contributed by atoms with Crippen LogP contribution in [0.15, 0.2) is 70.0 Å². The van der Waals surface area contributed by atoms with Gasteiger partial charge in [-0.25, -0.2) is 4.79 Å². The van der Waals surface area contributed by atoms with Gasteiger partial charge in [0.05, 0.1) is 12.8 Å². The van der Waals surface area contributed by atoms with Crippen LogP contribution in [0.2, 0.25) is 0 Å². The highest BCUT2D eigenvalue weighted by Gasteiger charge is 2.05. The number of nitrogens with zero attached hydrogens (tertiary/aromatic N) is 3. The largest absolute Gasteiger partial charge is 0.540 e.